The van der Waals surface area contributed by atoms with Crippen LogP contribution < -0.4 is 16.6 Å². The van der Waals surface area contributed by atoms with Crippen LogP contribution in [0.25, 0.3) is 0 Å². The maximum Gasteiger partial charge on any atom is 0.239 e. The van der Waals surface area contributed by atoms with E-state index >= 15 is 0 Å². The number of anilines is 3. The molecule has 0 bridgehead atoms. The zero-order valence-electron chi connectivity index (χ0n) is 10.2. The molecule has 5 nitrogen and oxygen atoms in total. The Labute approximate surface area is 104 Å². The summed E-state index contributed by atoms with van der Waals surface area (Å²) in [5.74, 6) is 5.89. The second kappa shape index (κ2) is 4.97. The van der Waals surface area contributed by atoms with Crippen molar-refractivity contribution in [3.8, 4) is 0 Å². The van der Waals surface area contributed by atoms with Crippen molar-refractivity contribution in [3.63, 3.8) is 0 Å². The average molecular weight is 247 g/mol. The fourth-order valence-corrected chi connectivity index (χ4v) is 1.51. The predicted molar refractivity (Wildman–Crippen MR) is 69.0 cm³/mol. The monoisotopic (exact) mass is 247 g/mol. The maximum absolute atomic E-state index is 13.4. The van der Waals surface area contributed by atoms with E-state index in [9.17, 15) is 4.39 Å². The van der Waals surface area contributed by atoms with Gasteiger partial charge in [0.05, 0.1) is 0 Å². The summed E-state index contributed by atoms with van der Waals surface area (Å²) in [5, 5.41) is 3.07. The maximum atomic E-state index is 13.4. The Bertz CT molecular complexity index is 570. The molecule has 18 heavy (non-hydrogen) atoms. The van der Waals surface area contributed by atoms with Crippen LogP contribution in [0, 0.1) is 19.7 Å². The molecule has 0 fully saturated rings. The molecule has 2 aromatic rings. The molecule has 0 atom stereocenters. The molecule has 1 heterocycles. The molecule has 0 radical (unpaired) electrons. The standard InChI is InChI=1S/C12H14FN5/c1-7-6-15-12(18-14)17-11(7)16-10-5-3-4-9(13)8(10)2/h3-6H,14H2,1-2H3,(H2,15,16,17,18). The number of hydrogen-bond donors (Lipinski definition) is 3. The van der Waals surface area contributed by atoms with Crippen LogP contribution in [0.1, 0.15) is 11.1 Å². The number of aryl methyl sites for hydroxylation is 1. The lowest BCUT2D eigenvalue weighted by molar-refractivity contribution is 0.619. The average Bonchev–Trinajstić information content (AvgIpc) is 2.37. The van der Waals surface area contributed by atoms with Gasteiger partial charge in [0, 0.05) is 23.0 Å². The van der Waals surface area contributed by atoms with Crippen LogP contribution in [0.3, 0.4) is 0 Å². The van der Waals surface area contributed by atoms with Crippen molar-refractivity contribution in [1.82, 2.24) is 9.97 Å². The number of nitrogens with two attached hydrogens (primary N) is 1. The fraction of sp³-hybridized carbons (Fsp3) is 0.167. The van der Waals surface area contributed by atoms with Crippen LogP contribution >= 0.6 is 0 Å². The van der Waals surface area contributed by atoms with E-state index in [-0.39, 0.29) is 5.82 Å². The Morgan fingerprint density at radius 1 is 1.28 bits per heavy atom. The number of rotatable bonds is 3. The Morgan fingerprint density at radius 2 is 2.06 bits per heavy atom. The summed E-state index contributed by atoms with van der Waals surface area (Å²) in [7, 11) is 0. The minimum absolute atomic E-state index is 0.260. The molecule has 0 spiro atoms. The molecule has 6 heteroatoms. The van der Waals surface area contributed by atoms with Crippen molar-refractivity contribution >= 4 is 17.5 Å². The van der Waals surface area contributed by atoms with Gasteiger partial charge in [-0.2, -0.15) is 4.98 Å². The summed E-state index contributed by atoms with van der Waals surface area (Å²) in [4.78, 5) is 8.15. The second-order valence-corrected chi connectivity index (χ2v) is 3.91. The number of nitrogen functional groups attached to an aromatic ring is 1. The third-order valence-corrected chi connectivity index (χ3v) is 2.62. The van der Waals surface area contributed by atoms with Crippen molar-refractivity contribution in [1.29, 1.82) is 0 Å². The smallest absolute Gasteiger partial charge is 0.239 e. The van der Waals surface area contributed by atoms with Gasteiger partial charge in [0.25, 0.3) is 0 Å². The molecule has 0 aliphatic rings. The van der Waals surface area contributed by atoms with Gasteiger partial charge in [-0.15, -0.1) is 0 Å². The van der Waals surface area contributed by atoms with Crippen molar-refractivity contribution in [2.75, 3.05) is 10.7 Å². The van der Waals surface area contributed by atoms with E-state index in [4.69, 9.17) is 5.84 Å². The Hall–Kier alpha value is -2.21. The van der Waals surface area contributed by atoms with E-state index in [1.165, 1.54) is 6.07 Å². The molecular formula is C12H14FN5. The van der Waals surface area contributed by atoms with Gasteiger partial charge in [0.15, 0.2) is 0 Å². The number of hydrazine groups is 1. The zero-order chi connectivity index (χ0) is 13.1. The molecular weight excluding hydrogens is 233 g/mol. The number of benzene rings is 1. The van der Waals surface area contributed by atoms with Crippen molar-refractivity contribution in [3.05, 3.63) is 41.3 Å². The number of nitrogens with zero attached hydrogens (tertiary/aromatic N) is 2. The van der Waals surface area contributed by atoms with Crippen LogP contribution in [0.15, 0.2) is 24.4 Å². The van der Waals surface area contributed by atoms with Crippen LogP contribution in [0.2, 0.25) is 0 Å². The summed E-state index contributed by atoms with van der Waals surface area (Å²) >= 11 is 0. The zero-order valence-corrected chi connectivity index (χ0v) is 10.2. The third-order valence-electron chi connectivity index (χ3n) is 2.62. The summed E-state index contributed by atoms with van der Waals surface area (Å²) in [5.41, 5.74) is 4.42. The van der Waals surface area contributed by atoms with Gasteiger partial charge >= 0.3 is 0 Å². The molecule has 0 unspecified atom stereocenters. The van der Waals surface area contributed by atoms with Gasteiger partial charge in [-0.25, -0.2) is 15.2 Å². The molecule has 1 aromatic carbocycles. The first kappa shape index (κ1) is 12.3. The topological polar surface area (TPSA) is 75.9 Å². The van der Waals surface area contributed by atoms with Crippen LogP contribution in [0.4, 0.5) is 21.8 Å². The summed E-state index contributed by atoms with van der Waals surface area (Å²) < 4.78 is 13.4. The highest BCUT2D eigenvalue weighted by molar-refractivity contribution is 5.63. The van der Waals surface area contributed by atoms with E-state index in [1.807, 2.05) is 6.92 Å². The van der Waals surface area contributed by atoms with Gasteiger partial charge in [0.1, 0.15) is 11.6 Å². The Morgan fingerprint density at radius 3 is 2.78 bits per heavy atom. The van der Waals surface area contributed by atoms with Gasteiger partial charge in [-0.1, -0.05) is 6.07 Å². The number of halogens is 1. The SMILES string of the molecule is Cc1cnc(NN)nc1Nc1cccc(F)c1C. The second-order valence-electron chi connectivity index (χ2n) is 3.91. The molecule has 0 aliphatic carbocycles. The predicted octanol–water partition coefficient (Wildman–Crippen LogP) is 2.26. The van der Waals surface area contributed by atoms with Gasteiger partial charge in [-0.3, -0.25) is 5.43 Å². The lowest BCUT2D eigenvalue weighted by Crippen LogP contribution is -2.12. The Balaban J connectivity index is 2.36. The van der Waals surface area contributed by atoms with Gasteiger partial charge < -0.3 is 5.32 Å². The normalized spacial score (nSPS) is 10.2. The fourth-order valence-electron chi connectivity index (χ4n) is 1.51. The molecule has 0 saturated carbocycles. The highest BCUT2D eigenvalue weighted by atomic mass is 19.1. The lowest BCUT2D eigenvalue weighted by atomic mass is 10.2. The first-order chi connectivity index (χ1) is 8.61. The van der Waals surface area contributed by atoms with Crippen LogP contribution in [0.5, 0.6) is 0 Å². The minimum atomic E-state index is -0.260. The van der Waals surface area contributed by atoms with Gasteiger partial charge in [0.2, 0.25) is 5.95 Å². The highest BCUT2D eigenvalue weighted by Crippen LogP contribution is 2.23. The van der Waals surface area contributed by atoms with E-state index < -0.39 is 0 Å². The number of nitrogens with one attached hydrogen (secondary N) is 2. The number of hydrogen-bond acceptors (Lipinski definition) is 5. The van der Waals surface area contributed by atoms with Gasteiger partial charge in [-0.05, 0) is 26.0 Å². The van der Waals surface area contributed by atoms with E-state index in [0.29, 0.717) is 23.0 Å². The molecule has 0 saturated heterocycles. The van der Waals surface area contributed by atoms with Crippen molar-refractivity contribution < 1.29 is 4.39 Å². The summed E-state index contributed by atoms with van der Waals surface area (Å²) in [6.07, 6.45) is 1.64. The van der Waals surface area contributed by atoms with Crippen LogP contribution in [-0.2, 0) is 0 Å². The molecule has 4 N–H and O–H groups in total. The molecule has 1 aromatic heterocycles. The molecule has 2 rings (SSSR count). The first-order valence-electron chi connectivity index (χ1n) is 5.44. The molecule has 94 valence electrons. The lowest BCUT2D eigenvalue weighted by Gasteiger charge is -2.12. The van der Waals surface area contributed by atoms with Crippen molar-refractivity contribution in [2.45, 2.75) is 13.8 Å². The van der Waals surface area contributed by atoms with E-state index in [1.54, 1.807) is 25.3 Å². The summed E-state index contributed by atoms with van der Waals surface area (Å²) in [6.45, 7) is 3.56. The minimum Gasteiger partial charge on any atom is -0.340 e. The highest BCUT2D eigenvalue weighted by Gasteiger charge is 2.07. The van der Waals surface area contributed by atoms with E-state index in [2.05, 4.69) is 20.7 Å². The van der Waals surface area contributed by atoms with Crippen molar-refractivity contribution in [2.24, 2.45) is 5.84 Å². The van der Waals surface area contributed by atoms with Crippen LogP contribution in [-0.4, -0.2) is 9.97 Å². The summed E-state index contributed by atoms with van der Waals surface area (Å²) in [6, 6.07) is 4.85. The Kier molecular flexibility index (Phi) is 3.38. The van der Waals surface area contributed by atoms with E-state index in [0.717, 1.165) is 5.56 Å². The molecule has 0 aliphatic heterocycles. The third kappa shape index (κ3) is 2.38. The first-order valence-corrected chi connectivity index (χ1v) is 5.44. The quantitative estimate of drug-likeness (QED) is 0.573. The number of aromatic nitrogens is 2. The molecule has 0 amide bonds. The largest absolute Gasteiger partial charge is 0.340 e.